The van der Waals surface area contributed by atoms with Crippen LogP contribution in [-0.4, -0.2) is 41.0 Å². The lowest BCUT2D eigenvalue weighted by Crippen LogP contribution is -2.46. The summed E-state index contributed by atoms with van der Waals surface area (Å²) in [6.07, 6.45) is 2.49. The molecule has 1 heterocycles. The Labute approximate surface area is 136 Å². The predicted molar refractivity (Wildman–Crippen MR) is 86.9 cm³/mol. The molecule has 1 amide bonds. The van der Waals surface area contributed by atoms with Gasteiger partial charge in [-0.3, -0.25) is 14.5 Å². The van der Waals surface area contributed by atoms with Gasteiger partial charge in [-0.05, 0) is 30.4 Å². The average Bonchev–Trinajstić information content (AvgIpc) is 3.36. The number of aliphatic carboxylic acids is 1. The smallest absolute Gasteiger partial charge is 0.307 e. The molecule has 1 saturated carbocycles. The molecule has 3 atom stereocenters. The van der Waals surface area contributed by atoms with Crippen LogP contribution in [0.1, 0.15) is 30.9 Å². The maximum atomic E-state index is 12.0. The Morgan fingerprint density at radius 3 is 2.70 bits per heavy atom. The largest absolute Gasteiger partial charge is 0.481 e. The zero-order valence-corrected chi connectivity index (χ0v) is 13.5. The van der Waals surface area contributed by atoms with Gasteiger partial charge in [0, 0.05) is 25.7 Å². The van der Waals surface area contributed by atoms with E-state index in [9.17, 15) is 9.59 Å². The number of hydrogen-bond donors (Lipinski definition) is 2. The number of carboxylic acids is 1. The Morgan fingerprint density at radius 2 is 2.04 bits per heavy atom. The number of nitrogens with zero attached hydrogens (tertiary/aromatic N) is 1. The predicted octanol–water partition coefficient (Wildman–Crippen LogP) is 1.66. The Bertz CT molecular complexity index is 602. The molecule has 23 heavy (non-hydrogen) atoms. The minimum Gasteiger partial charge on any atom is -0.481 e. The van der Waals surface area contributed by atoms with E-state index in [-0.39, 0.29) is 11.8 Å². The van der Waals surface area contributed by atoms with Gasteiger partial charge in [0.2, 0.25) is 5.91 Å². The molecule has 1 aromatic rings. The van der Waals surface area contributed by atoms with E-state index in [1.165, 1.54) is 11.1 Å². The number of hydrogen-bond acceptors (Lipinski definition) is 3. The highest BCUT2D eigenvalue weighted by atomic mass is 16.4. The van der Waals surface area contributed by atoms with Crippen molar-refractivity contribution in [1.82, 2.24) is 10.2 Å². The first kappa shape index (κ1) is 16.0. The van der Waals surface area contributed by atoms with E-state index in [0.717, 1.165) is 25.9 Å². The number of nitrogens with one attached hydrogen (secondary N) is 1. The fraction of sp³-hybridized carbons (Fsp3) is 0.556. The van der Waals surface area contributed by atoms with E-state index >= 15 is 0 Å². The lowest BCUT2D eigenvalue weighted by Gasteiger charge is -2.35. The average molecular weight is 316 g/mol. The fourth-order valence-corrected chi connectivity index (χ4v) is 3.47. The molecule has 2 aliphatic rings. The number of amides is 1. The topological polar surface area (TPSA) is 69.6 Å². The molecular weight excluding hydrogens is 292 g/mol. The first-order chi connectivity index (χ1) is 11.1. The van der Waals surface area contributed by atoms with Crippen LogP contribution in [0.3, 0.4) is 0 Å². The van der Waals surface area contributed by atoms with E-state index in [2.05, 4.69) is 41.4 Å². The summed E-state index contributed by atoms with van der Waals surface area (Å²) in [5.41, 5.74) is 2.79. The molecule has 0 aromatic heterocycles. The molecular formula is C18H24N2O3. The summed E-state index contributed by atoms with van der Waals surface area (Å²) in [4.78, 5) is 25.3. The molecule has 1 aromatic carbocycles. The maximum absolute atomic E-state index is 12.0. The SMILES string of the molecule is CCC(CNC(=O)C1CC1C(=O)O)N1CCc2ccccc2C1. The van der Waals surface area contributed by atoms with Crippen LogP contribution in [0.25, 0.3) is 0 Å². The molecule has 5 heteroatoms. The quantitative estimate of drug-likeness (QED) is 0.837. The summed E-state index contributed by atoms with van der Waals surface area (Å²) in [5, 5.41) is 11.9. The lowest BCUT2D eigenvalue weighted by molar-refractivity contribution is -0.140. The molecule has 2 N–H and O–H groups in total. The van der Waals surface area contributed by atoms with Crippen molar-refractivity contribution in [3.8, 4) is 0 Å². The second-order valence-electron chi connectivity index (χ2n) is 6.58. The Hall–Kier alpha value is -1.88. The van der Waals surface area contributed by atoms with Gasteiger partial charge >= 0.3 is 5.97 Å². The molecule has 5 nitrogen and oxygen atoms in total. The number of carbonyl (C=O) groups excluding carboxylic acids is 1. The summed E-state index contributed by atoms with van der Waals surface area (Å²) < 4.78 is 0. The van der Waals surface area contributed by atoms with Crippen LogP contribution < -0.4 is 5.32 Å². The van der Waals surface area contributed by atoms with Crippen LogP contribution in [0.15, 0.2) is 24.3 Å². The van der Waals surface area contributed by atoms with E-state index in [1.807, 2.05) is 0 Å². The van der Waals surface area contributed by atoms with Gasteiger partial charge in [-0.15, -0.1) is 0 Å². The van der Waals surface area contributed by atoms with Crippen LogP contribution >= 0.6 is 0 Å². The van der Waals surface area contributed by atoms with Crippen molar-refractivity contribution >= 4 is 11.9 Å². The number of carbonyl (C=O) groups is 2. The first-order valence-electron chi connectivity index (χ1n) is 8.41. The van der Waals surface area contributed by atoms with Gasteiger partial charge < -0.3 is 10.4 Å². The van der Waals surface area contributed by atoms with E-state index in [4.69, 9.17) is 5.11 Å². The van der Waals surface area contributed by atoms with Gasteiger partial charge in [0.25, 0.3) is 0 Å². The van der Waals surface area contributed by atoms with Gasteiger partial charge in [-0.2, -0.15) is 0 Å². The second kappa shape index (κ2) is 6.71. The van der Waals surface area contributed by atoms with Crippen molar-refractivity contribution in [2.24, 2.45) is 11.8 Å². The van der Waals surface area contributed by atoms with Crippen LogP contribution in [0.2, 0.25) is 0 Å². The molecule has 0 bridgehead atoms. The Morgan fingerprint density at radius 1 is 1.30 bits per heavy atom. The van der Waals surface area contributed by atoms with Crippen molar-refractivity contribution in [2.45, 2.75) is 38.8 Å². The minimum atomic E-state index is -0.857. The van der Waals surface area contributed by atoms with Crippen LogP contribution in [0.5, 0.6) is 0 Å². The van der Waals surface area contributed by atoms with Gasteiger partial charge in [-0.1, -0.05) is 31.2 Å². The number of fused-ring (bicyclic) bond motifs is 1. The monoisotopic (exact) mass is 316 g/mol. The molecule has 3 unspecified atom stereocenters. The molecule has 1 aliphatic carbocycles. The molecule has 0 radical (unpaired) electrons. The Kier molecular flexibility index (Phi) is 4.66. The third-order valence-electron chi connectivity index (χ3n) is 5.10. The molecule has 124 valence electrons. The molecule has 1 aliphatic heterocycles. The summed E-state index contributed by atoms with van der Waals surface area (Å²) in [6.45, 7) is 4.66. The van der Waals surface area contributed by atoms with Gasteiger partial charge in [0.05, 0.1) is 11.8 Å². The fourth-order valence-electron chi connectivity index (χ4n) is 3.47. The van der Waals surface area contributed by atoms with Crippen LogP contribution in [-0.2, 0) is 22.6 Å². The molecule has 0 spiro atoms. The van der Waals surface area contributed by atoms with Crippen molar-refractivity contribution < 1.29 is 14.7 Å². The minimum absolute atomic E-state index is 0.103. The number of rotatable bonds is 6. The Balaban J connectivity index is 1.53. The summed E-state index contributed by atoms with van der Waals surface area (Å²) in [7, 11) is 0. The molecule has 1 fully saturated rings. The number of benzene rings is 1. The standard InChI is InChI=1S/C18H24N2O3/c1-2-14(10-19-17(21)15-9-16(15)18(22)23)20-8-7-12-5-3-4-6-13(12)11-20/h3-6,14-16H,2,7-11H2,1H3,(H,19,21)(H,22,23). The number of carboxylic acid groups (broad SMARTS) is 1. The van der Waals surface area contributed by atoms with E-state index in [0.29, 0.717) is 19.0 Å². The normalized spacial score (nSPS) is 24.6. The van der Waals surface area contributed by atoms with Gasteiger partial charge in [0.15, 0.2) is 0 Å². The summed E-state index contributed by atoms with van der Waals surface area (Å²) in [5.74, 6) is -1.76. The molecule has 3 rings (SSSR count). The zero-order valence-electron chi connectivity index (χ0n) is 13.5. The highest BCUT2D eigenvalue weighted by Crippen LogP contribution is 2.38. The van der Waals surface area contributed by atoms with Crippen molar-refractivity contribution in [2.75, 3.05) is 13.1 Å². The third-order valence-corrected chi connectivity index (χ3v) is 5.10. The first-order valence-corrected chi connectivity index (χ1v) is 8.41. The van der Waals surface area contributed by atoms with E-state index < -0.39 is 11.9 Å². The lowest BCUT2D eigenvalue weighted by atomic mass is 9.98. The third kappa shape index (κ3) is 3.55. The highest BCUT2D eigenvalue weighted by Gasteiger charge is 2.48. The maximum Gasteiger partial charge on any atom is 0.307 e. The zero-order chi connectivity index (χ0) is 16.4. The van der Waals surface area contributed by atoms with E-state index in [1.54, 1.807) is 0 Å². The van der Waals surface area contributed by atoms with Crippen molar-refractivity contribution in [1.29, 1.82) is 0 Å². The van der Waals surface area contributed by atoms with Gasteiger partial charge in [-0.25, -0.2) is 0 Å². The van der Waals surface area contributed by atoms with Crippen molar-refractivity contribution in [3.05, 3.63) is 35.4 Å². The van der Waals surface area contributed by atoms with Gasteiger partial charge in [0.1, 0.15) is 0 Å². The summed E-state index contributed by atoms with van der Waals surface area (Å²) in [6, 6.07) is 8.82. The van der Waals surface area contributed by atoms with Crippen molar-refractivity contribution in [3.63, 3.8) is 0 Å². The highest BCUT2D eigenvalue weighted by molar-refractivity contribution is 5.89. The second-order valence-corrected chi connectivity index (χ2v) is 6.58. The van der Waals surface area contributed by atoms with Crippen LogP contribution in [0, 0.1) is 11.8 Å². The molecule has 0 saturated heterocycles. The summed E-state index contributed by atoms with van der Waals surface area (Å²) >= 11 is 0. The van der Waals surface area contributed by atoms with Crippen LogP contribution in [0.4, 0.5) is 0 Å².